The third-order valence-corrected chi connectivity index (χ3v) is 4.27. The van der Waals surface area contributed by atoms with Gasteiger partial charge in [0.25, 0.3) is 0 Å². The van der Waals surface area contributed by atoms with Crippen LogP contribution in [-0.2, 0) is 4.87 Å². The Kier molecular flexibility index (Phi) is 2.26. The highest BCUT2D eigenvalue weighted by Gasteiger charge is 2.44. The number of alkyl halides is 1. The molecular formula is C12H11ClN2S. The van der Waals surface area contributed by atoms with Crippen molar-refractivity contribution < 1.29 is 0 Å². The Morgan fingerprint density at radius 3 is 2.81 bits per heavy atom. The average Bonchev–Trinajstić information content (AvgIpc) is 2.84. The number of halogens is 1. The molecule has 0 aliphatic heterocycles. The highest BCUT2D eigenvalue weighted by Crippen LogP contribution is 2.52. The highest BCUT2D eigenvalue weighted by atomic mass is 35.5. The maximum Gasteiger partial charge on any atom is 0.125 e. The molecular weight excluding hydrogens is 240 g/mol. The molecule has 0 radical (unpaired) electrons. The van der Waals surface area contributed by atoms with Crippen molar-refractivity contribution >= 4 is 22.9 Å². The third-order valence-electron chi connectivity index (χ3n) is 2.81. The van der Waals surface area contributed by atoms with E-state index in [-0.39, 0.29) is 4.87 Å². The van der Waals surface area contributed by atoms with Gasteiger partial charge in [0.05, 0.1) is 10.6 Å². The zero-order valence-corrected chi connectivity index (χ0v) is 10.5. The zero-order valence-electron chi connectivity index (χ0n) is 8.90. The van der Waals surface area contributed by atoms with Gasteiger partial charge >= 0.3 is 0 Å². The minimum absolute atomic E-state index is 0.160. The summed E-state index contributed by atoms with van der Waals surface area (Å²) in [6.07, 6.45) is 3.96. The Morgan fingerprint density at radius 2 is 2.19 bits per heavy atom. The molecule has 4 heteroatoms. The van der Waals surface area contributed by atoms with Gasteiger partial charge in [-0.2, -0.15) is 0 Å². The maximum absolute atomic E-state index is 6.32. The quantitative estimate of drug-likeness (QED) is 0.759. The van der Waals surface area contributed by atoms with Crippen LogP contribution in [0.5, 0.6) is 0 Å². The summed E-state index contributed by atoms with van der Waals surface area (Å²) in [5, 5.41) is 3.07. The van der Waals surface area contributed by atoms with Crippen molar-refractivity contribution in [2.45, 2.75) is 24.6 Å². The summed E-state index contributed by atoms with van der Waals surface area (Å²) in [7, 11) is 0. The van der Waals surface area contributed by atoms with E-state index in [0.29, 0.717) is 0 Å². The number of aromatic nitrogens is 2. The summed E-state index contributed by atoms with van der Waals surface area (Å²) in [6.45, 7) is 1.98. The van der Waals surface area contributed by atoms with Gasteiger partial charge in [0.15, 0.2) is 0 Å². The minimum atomic E-state index is -0.160. The van der Waals surface area contributed by atoms with Crippen LogP contribution in [0.15, 0.2) is 23.7 Å². The largest absolute Gasteiger partial charge is 0.261 e. The van der Waals surface area contributed by atoms with Crippen LogP contribution in [0.25, 0.3) is 10.6 Å². The van der Waals surface area contributed by atoms with E-state index in [9.17, 15) is 0 Å². The lowest BCUT2D eigenvalue weighted by atomic mass is 10.2. The first-order chi connectivity index (χ1) is 7.67. The van der Waals surface area contributed by atoms with Crippen molar-refractivity contribution in [2.75, 3.05) is 0 Å². The van der Waals surface area contributed by atoms with Crippen molar-refractivity contribution in [1.29, 1.82) is 0 Å². The van der Waals surface area contributed by atoms with Gasteiger partial charge in [-0.1, -0.05) is 0 Å². The summed E-state index contributed by atoms with van der Waals surface area (Å²) in [6, 6.07) is 4.06. The lowest BCUT2D eigenvalue weighted by molar-refractivity contribution is 0.958. The van der Waals surface area contributed by atoms with E-state index in [0.717, 1.165) is 34.8 Å². The predicted molar refractivity (Wildman–Crippen MR) is 66.8 cm³/mol. The molecule has 1 aliphatic rings. The fourth-order valence-electron chi connectivity index (χ4n) is 1.57. The number of pyridine rings is 1. The van der Waals surface area contributed by atoms with Gasteiger partial charge in [-0.15, -0.1) is 22.9 Å². The van der Waals surface area contributed by atoms with Crippen LogP contribution in [0.2, 0.25) is 0 Å². The molecule has 2 aromatic rings. The summed E-state index contributed by atoms with van der Waals surface area (Å²) in [4.78, 5) is 8.71. The lowest BCUT2D eigenvalue weighted by Gasteiger charge is -1.99. The van der Waals surface area contributed by atoms with E-state index in [1.807, 2.05) is 19.2 Å². The van der Waals surface area contributed by atoms with E-state index in [1.165, 1.54) is 0 Å². The Hall–Kier alpha value is -0.930. The molecule has 1 saturated carbocycles. The summed E-state index contributed by atoms with van der Waals surface area (Å²) in [5.41, 5.74) is 3.12. The van der Waals surface area contributed by atoms with E-state index in [4.69, 9.17) is 11.6 Å². The van der Waals surface area contributed by atoms with Gasteiger partial charge in [-0.3, -0.25) is 4.98 Å². The lowest BCUT2D eigenvalue weighted by Crippen LogP contribution is -1.95. The molecule has 2 aromatic heterocycles. The second kappa shape index (κ2) is 3.54. The van der Waals surface area contributed by atoms with Crippen molar-refractivity contribution in [3.05, 3.63) is 35.1 Å². The molecule has 0 atom stereocenters. The number of aryl methyl sites for hydroxylation is 1. The highest BCUT2D eigenvalue weighted by molar-refractivity contribution is 7.13. The molecule has 3 rings (SSSR count). The van der Waals surface area contributed by atoms with E-state index in [1.54, 1.807) is 11.3 Å². The second-order valence-corrected chi connectivity index (χ2v) is 5.77. The molecule has 0 N–H and O–H groups in total. The van der Waals surface area contributed by atoms with Gasteiger partial charge < -0.3 is 0 Å². The molecule has 82 valence electrons. The number of rotatable bonds is 2. The average molecular weight is 251 g/mol. The summed E-state index contributed by atoms with van der Waals surface area (Å²) >= 11 is 7.96. The number of hydrogen-bond acceptors (Lipinski definition) is 3. The summed E-state index contributed by atoms with van der Waals surface area (Å²) < 4.78 is 0. The first kappa shape index (κ1) is 10.2. The fraction of sp³-hybridized carbons (Fsp3) is 0.333. The molecule has 0 amide bonds. The van der Waals surface area contributed by atoms with E-state index < -0.39 is 0 Å². The molecule has 1 fully saturated rings. The smallest absolute Gasteiger partial charge is 0.125 e. The van der Waals surface area contributed by atoms with Crippen molar-refractivity contribution in [3.63, 3.8) is 0 Å². The van der Waals surface area contributed by atoms with Gasteiger partial charge in [0, 0.05) is 22.8 Å². The Balaban J connectivity index is 1.95. The van der Waals surface area contributed by atoms with Gasteiger partial charge in [-0.25, -0.2) is 4.98 Å². The zero-order chi connectivity index (χ0) is 11.2. The topological polar surface area (TPSA) is 25.8 Å². The van der Waals surface area contributed by atoms with Crippen molar-refractivity contribution in [3.8, 4) is 10.6 Å². The van der Waals surface area contributed by atoms with Gasteiger partial charge in [0.1, 0.15) is 5.01 Å². The minimum Gasteiger partial charge on any atom is -0.261 e. The number of hydrogen-bond donors (Lipinski definition) is 0. The van der Waals surface area contributed by atoms with Crippen LogP contribution in [0.1, 0.15) is 24.2 Å². The second-order valence-electron chi connectivity index (χ2n) is 4.19. The van der Waals surface area contributed by atoms with Crippen LogP contribution in [0.3, 0.4) is 0 Å². The molecule has 0 unspecified atom stereocenters. The Bertz CT molecular complexity index is 514. The Labute approximate surface area is 103 Å². The van der Waals surface area contributed by atoms with Crippen LogP contribution >= 0.6 is 22.9 Å². The van der Waals surface area contributed by atoms with Crippen molar-refractivity contribution in [1.82, 2.24) is 9.97 Å². The van der Waals surface area contributed by atoms with Crippen LogP contribution < -0.4 is 0 Å². The van der Waals surface area contributed by atoms with E-state index >= 15 is 0 Å². The monoisotopic (exact) mass is 250 g/mol. The molecule has 0 aromatic carbocycles. The van der Waals surface area contributed by atoms with Crippen molar-refractivity contribution in [2.24, 2.45) is 0 Å². The van der Waals surface area contributed by atoms with Gasteiger partial charge in [0.2, 0.25) is 0 Å². The third kappa shape index (κ3) is 1.74. The normalized spacial score (nSPS) is 17.4. The number of nitrogens with zero attached hydrogens (tertiary/aromatic N) is 2. The molecule has 2 heterocycles. The first-order valence-corrected chi connectivity index (χ1v) is 6.51. The molecule has 0 bridgehead atoms. The molecule has 0 spiro atoms. The number of thiazole rings is 1. The molecule has 2 nitrogen and oxygen atoms in total. The van der Waals surface area contributed by atoms with Crippen LogP contribution in [0.4, 0.5) is 0 Å². The summed E-state index contributed by atoms with van der Waals surface area (Å²) in [5.74, 6) is 0. The molecule has 16 heavy (non-hydrogen) atoms. The Morgan fingerprint density at radius 1 is 1.38 bits per heavy atom. The molecule has 1 aliphatic carbocycles. The predicted octanol–water partition coefficient (Wildman–Crippen LogP) is 3.74. The van der Waals surface area contributed by atoms with Gasteiger partial charge in [-0.05, 0) is 31.9 Å². The fourth-order valence-corrected chi connectivity index (χ4v) is 2.74. The molecule has 0 saturated heterocycles. The standard InChI is InChI=1S/C12H11ClN2S/c1-8-2-3-9(6-14-8)11-15-10(7-16-11)12(13)4-5-12/h2-3,6-7H,4-5H2,1H3. The van der Waals surface area contributed by atoms with Crippen LogP contribution in [0, 0.1) is 6.92 Å². The first-order valence-electron chi connectivity index (χ1n) is 5.25. The SMILES string of the molecule is Cc1ccc(-c2nc(C3(Cl)CC3)cs2)cn1. The maximum atomic E-state index is 6.32. The van der Waals surface area contributed by atoms with Crippen LogP contribution in [-0.4, -0.2) is 9.97 Å². The van der Waals surface area contributed by atoms with E-state index in [2.05, 4.69) is 21.4 Å².